The summed E-state index contributed by atoms with van der Waals surface area (Å²) in [4.78, 5) is 35.1. The molecule has 2 aromatic carbocycles. The van der Waals surface area contributed by atoms with Gasteiger partial charge in [-0.2, -0.15) is 0 Å². The zero-order valence-corrected chi connectivity index (χ0v) is 16.4. The average molecular weight is 398 g/mol. The van der Waals surface area contributed by atoms with Gasteiger partial charge in [0, 0.05) is 18.7 Å². The van der Waals surface area contributed by atoms with Crippen LogP contribution in [0.1, 0.15) is 12.5 Å². The Labute approximate surface area is 168 Å². The summed E-state index contributed by atoms with van der Waals surface area (Å²) in [6, 6.07) is 11.9. The lowest BCUT2D eigenvalue weighted by Gasteiger charge is -2.12. The molecule has 8 nitrogen and oxygen atoms in total. The molecule has 2 rings (SSSR count). The number of rotatable bonds is 8. The van der Waals surface area contributed by atoms with Crippen molar-refractivity contribution in [2.75, 3.05) is 31.5 Å². The van der Waals surface area contributed by atoms with Crippen LogP contribution in [0.3, 0.4) is 0 Å². The summed E-state index contributed by atoms with van der Waals surface area (Å²) in [6.45, 7) is 0.899. The number of nitrogens with one attached hydrogen (secondary N) is 2. The summed E-state index contributed by atoms with van der Waals surface area (Å²) < 4.78 is 15.2. The molecule has 0 aliphatic carbocycles. The van der Waals surface area contributed by atoms with Crippen molar-refractivity contribution in [2.24, 2.45) is 0 Å². The summed E-state index contributed by atoms with van der Waals surface area (Å²) >= 11 is 0. The van der Waals surface area contributed by atoms with Crippen LogP contribution in [0.2, 0.25) is 0 Å². The van der Waals surface area contributed by atoms with Gasteiger partial charge in [-0.15, -0.1) is 0 Å². The van der Waals surface area contributed by atoms with Gasteiger partial charge in [-0.3, -0.25) is 9.59 Å². The molecule has 0 radical (unpaired) electrons. The Hall–Kier alpha value is -3.81. The minimum absolute atomic E-state index is 0.246. The van der Waals surface area contributed by atoms with E-state index in [9.17, 15) is 14.4 Å². The van der Waals surface area contributed by atoms with E-state index in [-0.39, 0.29) is 5.91 Å². The maximum Gasteiger partial charge on any atom is 0.331 e. The number of benzene rings is 2. The maximum absolute atomic E-state index is 12.1. The van der Waals surface area contributed by atoms with Gasteiger partial charge in [-0.1, -0.05) is 12.1 Å². The van der Waals surface area contributed by atoms with Gasteiger partial charge in [0.1, 0.15) is 11.5 Å². The molecule has 2 amide bonds. The highest BCUT2D eigenvalue weighted by molar-refractivity contribution is 5.97. The third-order valence-corrected chi connectivity index (χ3v) is 3.65. The number of anilines is 2. The second kappa shape index (κ2) is 10.5. The van der Waals surface area contributed by atoms with Crippen LogP contribution >= 0.6 is 0 Å². The van der Waals surface area contributed by atoms with E-state index in [4.69, 9.17) is 14.2 Å². The Morgan fingerprint density at radius 2 is 1.79 bits per heavy atom. The van der Waals surface area contributed by atoms with Gasteiger partial charge in [0.25, 0.3) is 5.91 Å². The van der Waals surface area contributed by atoms with Crippen LogP contribution in [0.15, 0.2) is 48.5 Å². The summed E-state index contributed by atoms with van der Waals surface area (Å²) in [6.07, 6.45) is 2.78. The molecule has 0 aliphatic heterocycles. The molecule has 0 heterocycles. The second-order valence-corrected chi connectivity index (χ2v) is 5.86. The lowest BCUT2D eigenvalue weighted by Crippen LogP contribution is -2.20. The number of amides is 2. The van der Waals surface area contributed by atoms with Crippen molar-refractivity contribution < 1.29 is 28.6 Å². The summed E-state index contributed by atoms with van der Waals surface area (Å²) in [7, 11) is 3.00. The van der Waals surface area contributed by atoms with Gasteiger partial charge in [-0.25, -0.2) is 4.79 Å². The molecule has 29 heavy (non-hydrogen) atoms. The topological polar surface area (TPSA) is 103 Å². The first-order valence-electron chi connectivity index (χ1n) is 8.65. The van der Waals surface area contributed by atoms with Crippen molar-refractivity contribution in [2.45, 2.75) is 6.92 Å². The Morgan fingerprint density at radius 3 is 2.48 bits per heavy atom. The van der Waals surface area contributed by atoms with Crippen molar-refractivity contribution in [3.05, 3.63) is 54.1 Å². The van der Waals surface area contributed by atoms with Crippen molar-refractivity contribution in [3.8, 4) is 11.5 Å². The first-order valence-corrected chi connectivity index (χ1v) is 8.65. The van der Waals surface area contributed by atoms with Crippen LogP contribution in [-0.2, 0) is 19.1 Å². The molecule has 0 saturated carbocycles. The van der Waals surface area contributed by atoms with Gasteiger partial charge in [0.2, 0.25) is 5.91 Å². The quantitative estimate of drug-likeness (QED) is 0.524. The number of carbonyl (C=O) groups is 3. The predicted molar refractivity (Wildman–Crippen MR) is 109 cm³/mol. The fraction of sp³-hybridized carbons (Fsp3) is 0.190. The molecule has 0 aromatic heterocycles. The van der Waals surface area contributed by atoms with E-state index < -0.39 is 18.5 Å². The molecule has 0 unspecified atom stereocenters. The van der Waals surface area contributed by atoms with Crippen molar-refractivity contribution in [1.29, 1.82) is 0 Å². The Morgan fingerprint density at radius 1 is 1.00 bits per heavy atom. The predicted octanol–water partition coefficient (Wildman–Crippen LogP) is 2.86. The van der Waals surface area contributed by atoms with E-state index in [1.54, 1.807) is 55.7 Å². The maximum atomic E-state index is 12.1. The van der Waals surface area contributed by atoms with Gasteiger partial charge in [0.15, 0.2) is 6.61 Å². The van der Waals surface area contributed by atoms with Gasteiger partial charge < -0.3 is 24.8 Å². The molecule has 152 valence electrons. The number of hydrogen-bond acceptors (Lipinski definition) is 6. The number of carbonyl (C=O) groups excluding carboxylic acids is 3. The van der Waals surface area contributed by atoms with Crippen molar-refractivity contribution in [3.63, 3.8) is 0 Å². The molecular weight excluding hydrogens is 376 g/mol. The Balaban J connectivity index is 1.92. The van der Waals surface area contributed by atoms with E-state index >= 15 is 0 Å². The SMILES string of the molecule is COc1cccc(/C=C/C(=O)OCC(=O)Nc2cc(NC(C)=O)ccc2OC)c1. The molecular formula is C21H22N2O6. The van der Waals surface area contributed by atoms with Crippen molar-refractivity contribution >= 4 is 35.2 Å². The Bertz CT molecular complexity index is 923. The van der Waals surface area contributed by atoms with E-state index in [2.05, 4.69) is 10.6 Å². The van der Waals surface area contributed by atoms with Crippen LogP contribution in [0.25, 0.3) is 6.08 Å². The highest BCUT2D eigenvalue weighted by Crippen LogP contribution is 2.27. The highest BCUT2D eigenvalue weighted by Gasteiger charge is 2.11. The van der Waals surface area contributed by atoms with Crippen LogP contribution in [0, 0.1) is 0 Å². The fourth-order valence-corrected chi connectivity index (χ4v) is 2.37. The zero-order valence-electron chi connectivity index (χ0n) is 16.4. The number of ether oxygens (including phenoxy) is 3. The molecule has 8 heteroatoms. The molecule has 2 N–H and O–H groups in total. The van der Waals surface area contributed by atoms with Gasteiger partial charge in [0.05, 0.1) is 19.9 Å². The molecule has 0 fully saturated rings. The van der Waals surface area contributed by atoms with E-state index in [0.29, 0.717) is 22.9 Å². The van der Waals surface area contributed by atoms with Crippen LogP contribution in [-0.4, -0.2) is 38.6 Å². The second-order valence-electron chi connectivity index (χ2n) is 5.86. The third-order valence-electron chi connectivity index (χ3n) is 3.65. The third kappa shape index (κ3) is 7.02. The monoisotopic (exact) mass is 398 g/mol. The summed E-state index contributed by atoms with van der Waals surface area (Å²) in [5, 5.41) is 5.20. The molecule has 0 spiro atoms. The first kappa shape index (κ1) is 21.5. The van der Waals surface area contributed by atoms with Crippen molar-refractivity contribution in [1.82, 2.24) is 0 Å². The summed E-state index contributed by atoms with van der Waals surface area (Å²) in [5.41, 5.74) is 1.59. The number of hydrogen-bond donors (Lipinski definition) is 2. The minimum Gasteiger partial charge on any atom is -0.497 e. The van der Waals surface area contributed by atoms with E-state index in [0.717, 1.165) is 5.56 Å². The smallest absolute Gasteiger partial charge is 0.331 e. The van der Waals surface area contributed by atoms with Gasteiger partial charge in [-0.05, 0) is 42.0 Å². The fourth-order valence-electron chi connectivity index (χ4n) is 2.37. The van der Waals surface area contributed by atoms with Crippen LogP contribution in [0.5, 0.6) is 11.5 Å². The van der Waals surface area contributed by atoms with Crippen LogP contribution < -0.4 is 20.1 Å². The lowest BCUT2D eigenvalue weighted by molar-refractivity contribution is -0.142. The average Bonchev–Trinajstić information content (AvgIpc) is 2.70. The lowest BCUT2D eigenvalue weighted by atomic mass is 10.2. The normalized spacial score (nSPS) is 10.3. The van der Waals surface area contributed by atoms with Crippen LogP contribution in [0.4, 0.5) is 11.4 Å². The minimum atomic E-state index is -0.665. The summed E-state index contributed by atoms with van der Waals surface area (Å²) in [5.74, 6) is -0.399. The largest absolute Gasteiger partial charge is 0.497 e. The van der Waals surface area contributed by atoms with E-state index in [1.165, 1.54) is 20.1 Å². The standard InChI is InChI=1S/C21H22N2O6/c1-14(24)22-16-8-9-19(28-3)18(12-16)23-20(25)13-29-21(26)10-7-15-5-4-6-17(11-15)27-2/h4-12H,13H2,1-3H3,(H,22,24)(H,23,25)/b10-7+. The number of methoxy groups -OCH3 is 2. The highest BCUT2D eigenvalue weighted by atomic mass is 16.5. The van der Waals surface area contributed by atoms with E-state index in [1.807, 2.05) is 0 Å². The molecule has 0 atom stereocenters. The molecule has 2 aromatic rings. The molecule has 0 bridgehead atoms. The van der Waals surface area contributed by atoms with Gasteiger partial charge >= 0.3 is 5.97 Å². The number of esters is 1. The molecule has 0 saturated heterocycles. The first-order chi connectivity index (χ1) is 13.9. The zero-order chi connectivity index (χ0) is 21.2. The molecule has 0 aliphatic rings. The Kier molecular flexibility index (Phi) is 7.78.